The average molecular weight is 378 g/mol. The summed E-state index contributed by atoms with van der Waals surface area (Å²) in [6, 6.07) is 11.1. The Hall–Kier alpha value is -3.29. The molecular weight excluding hydrogens is 356 g/mol. The van der Waals surface area contributed by atoms with Crippen molar-refractivity contribution in [2.75, 3.05) is 18.4 Å². The van der Waals surface area contributed by atoms with Gasteiger partial charge in [-0.25, -0.2) is 0 Å². The Morgan fingerprint density at radius 2 is 2.04 bits per heavy atom. The van der Waals surface area contributed by atoms with Crippen LogP contribution in [0.3, 0.4) is 0 Å². The van der Waals surface area contributed by atoms with Gasteiger partial charge in [0.1, 0.15) is 11.9 Å². The van der Waals surface area contributed by atoms with Crippen LogP contribution >= 0.6 is 0 Å². The molecule has 28 heavy (non-hydrogen) atoms. The minimum Gasteiger partial charge on any atom is -0.369 e. The Morgan fingerprint density at radius 3 is 2.68 bits per heavy atom. The molecule has 8 heteroatoms. The van der Waals surface area contributed by atoms with Gasteiger partial charge in [-0.2, -0.15) is 4.98 Å². The van der Waals surface area contributed by atoms with Gasteiger partial charge in [-0.05, 0) is 51.0 Å². The molecule has 3 aromatic rings. The maximum absolute atomic E-state index is 13.0. The second-order valence-electron chi connectivity index (χ2n) is 6.75. The first-order valence-corrected chi connectivity index (χ1v) is 9.45. The molecule has 3 heterocycles. The lowest BCUT2D eigenvalue weighted by Crippen LogP contribution is -2.30. The zero-order chi connectivity index (χ0) is 19.5. The smallest absolute Gasteiger partial charge is 0.254 e. The molecule has 1 aliphatic rings. The Morgan fingerprint density at radius 1 is 1.21 bits per heavy atom. The van der Waals surface area contributed by atoms with Crippen LogP contribution in [0.2, 0.25) is 0 Å². The van der Waals surface area contributed by atoms with Gasteiger partial charge in [0.25, 0.3) is 5.91 Å². The normalized spacial score (nSPS) is 16.4. The van der Waals surface area contributed by atoms with E-state index < -0.39 is 0 Å². The highest BCUT2D eigenvalue weighted by molar-refractivity contribution is 5.95. The van der Waals surface area contributed by atoms with Crippen molar-refractivity contribution in [3.8, 4) is 11.3 Å². The second kappa shape index (κ2) is 7.75. The summed E-state index contributed by atoms with van der Waals surface area (Å²) in [7, 11) is 0. The lowest BCUT2D eigenvalue weighted by molar-refractivity contribution is 0.0710. The second-order valence-corrected chi connectivity index (χ2v) is 6.75. The first-order chi connectivity index (χ1) is 13.7. The fourth-order valence-corrected chi connectivity index (χ4v) is 3.43. The van der Waals surface area contributed by atoms with Gasteiger partial charge in [0.2, 0.25) is 5.89 Å². The largest absolute Gasteiger partial charge is 0.369 e. The number of aryl methyl sites for hydroxylation is 1. The first kappa shape index (κ1) is 18.1. The van der Waals surface area contributed by atoms with E-state index in [-0.39, 0.29) is 11.9 Å². The molecule has 1 saturated heterocycles. The molecule has 0 unspecified atom stereocenters. The van der Waals surface area contributed by atoms with Crippen LogP contribution in [-0.2, 0) is 0 Å². The number of rotatable bonds is 5. The molecule has 2 aromatic heterocycles. The van der Waals surface area contributed by atoms with Gasteiger partial charge in [0, 0.05) is 24.2 Å². The predicted octanol–water partition coefficient (Wildman–Crippen LogP) is 3.24. The molecule has 0 radical (unpaired) electrons. The van der Waals surface area contributed by atoms with Crippen molar-refractivity contribution in [2.45, 2.75) is 32.7 Å². The molecule has 1 atom stereocenters. The molecule has 0 saturated carbocycles. The number of hydrogen-bond donors (Lipinski definition) is 1. The standard InChI is InChI=1S/C20H22N6O2/c1-3-21-18-11-10-16(23-24-18)14-6-8-15(9-7-14)20(27)26-12-4-5-17(26)19-22-13(2)25-28-19/h6-11,17H,3-5,12H2,1-2H3,(H,21,24)/t17-/m0/s1. The number of anilines is 1. The van der Waals surface area contributed by atoms with E-state index in [1.54, 1.807) is 6.92 Å². The minimum atomic E-state index is -0.155. The van der Waals surface area contributed by atoms with Crippen LogP contribution in [0.1, 0.15) is 47.9 Å². The first-order valence-electron chi connectivity index (χ1n) is 9.45. The number of likely N-dealkylation sites (tertiary alicyclic amines) is 1. The number of hydrogen-bond acceptors (Lipinski definition) is 7. The Labute approximate surface area is 163 Å². The zero-order valence-electron chi connectivity index (χ0n) is 15.9. The third-order valence-electron chi connectivity index (χ3n) is 4.79. The molecule has 0 spiro atoms. The van der Waals surface area contributed by atoms with Gasteiger partial charge in [-0.15, -0.1) is 10.2 Å². The molecule has 1 fully saturated rings. The topological polar surface area (TPSA) is 97.0 Å². The highest BCUT2D eigenvalue weighted by Gasteiger charge is 2.34. The van der Waals surface area contributed by atoms with Crippen LogP contribution in [0.5, 0.6) is 0 Å². The van der Waals surface area contributed by atoms with E-state index in [9.17, 15) is 4.79 Å². The van der Waals surface area contributed by atoms with Gasteiger partial charge >= 0.3 is 0 Å². The molecular formula is C20H22N6O2. The number of amides is 1. The molecule has 1 aromatic carbocycles. The van der Waals surface area contributed by atoms with Crippen LogP contribution < -0.4 is 5.32 Å². The summed E-state index contributed by atoms with van der Waals surface area (Å²) in [6.07, 6.45) is 1.75. The van der Waals surface area contributed by atoms with Crippen molar-refractivity contribution >= 4 is 11.7 Å². The monoisotopic (exact) mass is 378 g/mol. The van der Waals surface area contributed by atoms with Crippen molar-refractivity contribution in [1.82, 2.24) is 25.2 Å². The van der Waals surface area contributed by atoms with Gasteiger partial charge in [-0.1, -0.05) is 17.3 Å². The molecule has 144 valence electrons. The predicted molar refractivity (Wildman–Crippen MR) is 104 cm³/mol. The van der Waals surface area contributed by atoms with E-state index in [0.717, 1.165) is 36.5 Å². The number of nitrogens with one attached hydrogen (secondary N) is 1. The summed E-state index contributed by atoms with van der Waals surface area (Å²) in [5.41, 5.74) is 2.31. The quantitative estimate of drug-likeness (QED) is 0.728. The Bertz CT molecular complexity index is 952. The third-order valence-corrected chi connectivity index (χ3v) is 4.79. The van der Waals surface area contributed by atoms with Crippen LogP contribution in [0.15, 0.2) is 40.9 Å². The summed E-state index contributed by atoms with van der Waals surface area (Å²) in [5, 5.41) is 15.4. The SMILES string of the molecule is CCNc1ccc(-c2ccc(C(=O)N3CCC[C@H]3c3nc(C)no3)cc2)nn1. The maximum atomic E-state index is 13.0. The zero-order valence-corrected chi connectivity index (χ0v) is 15.9. The van der Waals surface area contributed by atoms with Crippen molar-refractivity contribution < 1.29 is 9.32 Å². The van der Waals surface area contributed by atoms with E-state index in [2.05, 4.69) is 25.7 Å². The van der Waals surface area contributed by atoms with E-state index in [4.69, 9.17) is 4.52 Å². The van der Waals surface area contributed by atoms with Gasteiger partial charge < -0.3 is 14.7 Å². The molecule has 8 nitrogen and oxygen atoms in total. The fraction of sp³-hybridized carbons (Fsp3) is 0.350. The molecule has 1 N–H and O–H groups in total. The van der Waals surface area contributed by atoms with Crippen molar-refractivity contribution in [2.24, 2.45) is 0 Å². The lowest BCUT2D eigenvalue weighted by Gasteiger charge is -2.22. The van der Waals surface area contributed by atoms with Crippen LogP contribution in [0.4, 0.5) is 5.82 Å². The maximum Gasteiger partial charge on any atom is 0.254 e. The van der Waals surface area contributed by atoms with Crippen molar-refractivity contribution in [3.05, 3.63) is 53.7 Å². The summed E-state index contributed by atoms with van der Waals surface area (Å²) >= 11 is 0. The molecule has 0 aliphatic carbocycles. The van der Waals surface area contributed by atoms with E-state index in [1.165, 1.54) is 0 Å². The van der Waals surface area contributed by atoms with Gasteiger partial charge in [0.05, 0.1) is 5.69 Å². The van der Waals surface area contributed by atoms with Crippen LogP contribution in [0.25, 0.3) is 11.3 Å². The summed E-state index contributed by atoms with van der Waals surface area (Å²) in [6.45, 7) is 5.27. The number of carbonyl (C=O) groups excluding carboxylic acids is 1. The van der Waals surface area contributed by atoms with E-state index in [1.807, 2.05) is 48.2 Å². The van der Waals surface area contributed by atoms with E-state index in [0.29, 0.717) is 23.8 Å². The molecule has 1 aliphatic heterocycles. The highest BCUT2D eigenvalue weighted by Crippen LogP contribution is 2.32. The third kappa shape index (κ3) is 3.58. The summed E-state index contributed by atoms with van der Waals surface area (Å²) < 4.78 is 5.29. The number of aromatic nitrogens is 4. The Balaban J connectivity index is 1.50. The average Bonchev–Trinajstić information content (AvgIpc) is 3.37. The van der Waals surface area contributed by atoms with Gasteiger partial charge in [-0.3, -0.25) is 4.79 Å². The van der Waals surface area contributed by atoms with Crippen molar-refractivity contribution in [1.29, 1.82) is 0 Å². The number of nitrogens with zero attached hydrogens (tertiary/aromatic N) is 5. The van der Waals surface area contributed by atoms with Gasteiger partial charge in [0.15, 0.2) is 5.82 Å². The number of benzene rings is 1. The molecule has 1 amide bonds. The fourth-order valence-electron chi connectivity index (χ4n) is 3.43. The molecule has 0 bridgehead atoms. The molecule has 4 rings (SSSR count). The summed E-state index contributed by atoms with van der Waals surface area (Å²) in [5.74, 6) is 1.81. The highest BCUT2D eigenvalue weighted by atomic mass is 16.5. The minimum absolute atomic E-state index is 0.0292. The van der Waals surface area contributed by atoms with Crippen LogP contribution in [0, 0.1) is 6.92 Å². The summed E-state index contributed by atoms with van der Waals surface area (Å²) in [4.78, 5) is 19.1. The van der Waals surface area contributed by atoms with E-state index >= 15 is 0 Å². The lowest BCUT2D eigenvalue weighted by atomic mass is 10.1. The Kier molecular flexibility index (Phi) is 5.01. The number of carbonyl (C=O) groups is 1. The van der Waals surface area contributed by atoms with Crippen LogP contribution in [-0.4, -0.2) is 44.2 Å². The van der Waals surface area contributed by atoms with Crippen molar-refractivity contribution in [3.63, 3.8) is 0 Å².